The number of benzene rings is 1. The van der Waals surface area contributed by atoms with Crippen molar-refractivity contribution in [3.8, 4) is 5.75 Å². The van der Waals surface area contributed by atoms with E-state index in [0.29, 0.717) is 0 Å². The number of nitrogens with zero attached hydrogens (tertiary/aromatic N) is 3. The van der Waals surface area contributed by atoms with Crippen molar-refractivity contribution in [2.24, 2.45) is 4.99 Å². The van der Waals surface area contributed by atoms with Crippen molar-refractivity contribution >= 4 is 20.9 Å². The molecule has 0 aliphatic carbocycles. The van der Waals surface area contributed by atoms with Crippen molar-refractivity contribution in [2.75, 3.05) is 0 Å². The van der Waals surface area contributed by atoms with Gasteiger partial charge in [0, 0.05) is 18.6 Å². The summed E-state index contributed by atoms with van der Waals surface area (Å²) in [6.45, 7) is 9.09. The molecule has 0 saturated carbocycles. The molecule has 0 amide bonds. The average molecular weight is 287 g/mol. The molecule has 0 fully saturated rings. The summed E-state index contributed by atoms with van der Waals surface area (Å²) in [5.74, 6) is 1.89. The van der Waals surface area contributed by atoms with Gasteiger partial charge in [-0.3, -0.25) is 4.99 Å². The first-order chi connectivity index (χ1) is 9.56. The Hall–Kier alpha value is -1.88. The van der Waals surface area contributed by atoms with Crippen molar-refractivity contribution < 1.29 is 4.43 Å². The Morgan fingerprint density at radius 2 is 2.15 bits per heavy atom. The van der Waals surface area contributed by atoms with Crippen LogP contribution in [-0.2, 0) is 6.54 Å². The molecule has 0 N–H and O–H groups in total. The maximum Gasteiger partial charge on any atom is 0.229 e. The maximum absolute atomic E-state index is 5.94. The van der Waals surface area contributed by atoms with E-state index in [2.05, 4.69) is 46.7 Å². The highest BCUT2D eigenvalue weighted by Crippen LogP contribution is 2.28. The predicted molar refractivity (Wildman–Crippen MR) is 85.8 cm³/mol. The van der Waals surface area contributed by atoms with Crippen molar-refractivity contribution in [1.29, 1.82) is 0 Å². The third kappa shape index (κ3) is 3.80. The molecule has 106 valence electrons. The number of hydrogen-bond donors (Lipinski definition) is 0. The number of aryl methyl sites for hydroxylation is 2. The van der Waals surface area contributed by atoms with Crippen molar-refractivity contribution in [3.05, 3.63) is 42.0 Å². The summed E-state index contributed by atoms with van der Waals surface area (Å²) < 4.78 is 7.99. The van der Waals surface area contributed by atoms with Gasteiger partial charge in [0.05, 0.1) is 6.54 Å². The lowest BCUT2D eigenvalue weighted by Gasteiger charge is -2.12. The number of rotatable bonds is 5. The third-order valence-electron chi connectivity index (χ3n) is 2.91. The lowest BCUT2D eigenvalue weighted by molar-refractivity contribution is 0.581. The van der Waals surface area contributed by atoms with Crippen molar-refractivity contribution in [2.45, 2.75) is 33.5 Å². The minimum absolute atomic E-state index is 0.720. The first kappa shape index (κ1) is 14.5. The van der Waals surface area contributed by atoms with E-state index >= 15 is 0 Å². The number of hydrogen-bond acceptors (Lipinski definition) is 3. The van der Waals surface area contributed by atoms with Crippen LogP contribution in [0.4, 0.5) is 5.69 Å². The standard InChI is InChI=1S/C15H21N3OSi/c1-12-5-6-14(15(11-12)19-20(3)4)17-8-10-18-9-7-16-13(18)2/h5-9,11,20H,10H2,1-4H3. The van der Waals surface area contributed by atoms with Crippen LogP contribution >= 0.6 is 0 Å². The zero-order chi connectivity index (χ0) is 14.5. The summed E-state index contributed by atoms with van der Waals surface area (Å²) in [6.07, 6.45) is 5.65. The molecule has 1 heterocycles. The molecule has 0 atom stereocenters. The minimum atomic E-state index is -1.13. The molecule has 0 aliphatic rings. The molecule has 2 aromatic rings. The van der Waals surface area contributed by atoms with Crippen LogP contribution in [0.25, 0.3) is 0 Å². The van der Waals surface area contributed by atoms with Crippen LogP contribution in [0.5, 0.6) is 5.75 Å². The van der Waals surface area contributed by atoms with Gasteiger partial charge in [0.1, 0.15) is 17.3 Å². The van der Waals surface area contributed by atoms with Gasteiger partial charge in [-0.15, -0.1) is 0 Å². The van der Waals surface area contributed by atoms with Crippen LogP contribution in [0.1, 0.15) is 11.4 Å². The number of aliphatic imine (C=N–C) groups is 1. The normalized spacial score (nSPS) is 11.4. The molecule has 0 radical (unpaired) electrons. The summed E-state index contributed by atoms with van der Waals surface area (Å²) in [4.78, 5) is 8.73. The molecule has 0 saturated heterocycles. The Kier molecular flexibility index (Phi) is 4.73. The van der Waals surface area contributed by atoms with E-state index in [1.807, 2.05) is 25.4 Å². The monoisotopic (exact) mass is 287 g/mol. The molecule has 0 unspecified atom stereocenters. The SMILES string of the molecule is Cc1ccc(N=CCn2ccnc2C)c(O[SiH](C)C)c1. The van der Waals surface area contributed by atoms with Gasteiger partial charge in [-0.25, -0.2) is 4.98 Å². The summed E-state index contributed by atoms with van der Waals surface area (Å²) in [7, 11) is -1.13. The molecular weight excluding hydrogens is 266 g/mol. The van der Waals surface area contributed by atoms with E-state index in [4.69, 9.17) is 4.43 Å². The number of aromatic nitrogens is 2. The highest BCUT2D eigenvalue weighted by atomic mass is 28.3. The zero-order valence-corrected chi connectivity index (χ0v) is 13.7. The fraction of sp³-hybridized carbons (Fsp3) is 0.333. The van der Waals surface area contributed by atoms with Crippen LogP contribution in [0.2, 0.25) is 13.1 Å². The topological polar surface area (TPSA) is 39.4 Å². The molecular formula is C15H21N3OSi. The Morgan fingerprint density at radius 3 is 2.80 bits per heavy atom. The molecule has 4 nitrogen and oxygen atoms in total. The largest absolute Gasteiger partial charge is 0.546 e. The van der Waals surface area contributed by atoms with Crippen LogP contribution in [0.15, 0.2) is 35.6 Å². The quantitative estimate of drug-likeness (QED) is 0.625. The lowest BCUT2D eigenvalue weighted by Crippen LogP contribution is -2.11. The molecule has 20 heavy (non-hydrogen) atoms. The van der Waals surface area contributed by atoms with Gasteiger partial charge >= 0.3 is 0 Å². The molecule has 1 aromatic carbocycles. The molecule has 0 bridgehead atoms. The van der Waals surface area contributed by atoms with Crippen molar-refractivity contribution in [3.63, 3.8) is 0 Å². The highest BCUT2D eigenvalue weighted by molar-refractivity contribution is 6.49. The fourth-order valence-corrected chi connectivity index (χ4v) is 2.60. The van der Waals surface area contributed by atoms with Crippen LogP contribution in [0, 0.1) is 13.8 Å². The summed E-state index contributed by atoms with van der Waals surface area (Å²) >= 11 is 0. The van der Waals surface area contributed by atoms with E-state index in [-0.39, 0.29) is 0 Å². The molecule has 0 aliphatic heterocycles. The Morgan fingerprint density at radius 1 is 1.35 bits per heavy atom. The van der Waals surface area contributed by atoms with E-state index < -0.39 is 9.04 Å². The lowest BCUT2D eigenvalue weighted by atomic mass is 10.2. The average Bonchev–Trinajstić information content (AvgIpc) is 2.77. The third-order valence-corrected chi connectivity index (χ3v) is 3.64. The van der Waals surface area contributed by atoms with Gasteiger partial charge in [0.15, 0.2) is 0 Å². The van der Waals surface area contributed by atoms with Crippen LogP contribution < -0.4 is 4.43 Å². The molecule has 0 spiro atoms. The number of imidazole rings is 1. The second kappa shape index (κ2) is 6.52. The van der Waals surface area contributed by atoms with E-state index in [0.717, 1.165) is 23.8 Å². The van der Waals surface area contributed by atoms with Gasteiger partial charge < -0.3 is 8.99 Å². The molecule has 5 heteroatoms. The van der Waals surface area contributed by atoms with Gasteiger partial charge in [0.25, 0.3) is 0 Å². The smallest absolute Gasteiger partial charge is 0.229 e. The maximum atomic E-state index is 5.94. The van der Waals surface area contributed by atoms with Gasteiger partial charge in [-0.2, -0.15) is 0 Å². The molecule has 2 rings (SSSR count). The second-order valence-corrected chi connectivity index (χ2v) is 7.41. The summed E-state index contributed by atoms with van der Waals surface area (Å²) in [5.41, 5.74) is 2.09. The van der Waals surface area contributed by atoms with Gasteiger partial charge in [-0.05, 0) is 44.6 Å². The summed E-state index contributed by atoms with van der Waals surface area (Å²) in [5, 5.41) is 0. The Bertz CT molecular complexity index is 605. The zero-order valence-electron chi connectivity index (χ0n) is 12.5. The Balaban J connectivity index is 2.14. The van der Waals surface area contributed by atoms with Gasteiger partial charge in [-0.1, -0.05) is 6.07 Å². The minimum Gasteiger partial charge on any atom is -0.546 e. The van der Waals surface area contributed by atoms with Crippen molar-refractivity contribution in [1.82, 2.24) is 9.55 Å². The van der Waals surface area contributed by atoms with Crippen LogP contribution in [-0.4, -0.2) is 24.8 Å². The van der Waals surface area contributed by atoms with E-state index in [9.17, 15) is 0 Å². The molecule has 1 aromatic heterocycles. The summed E-state index contributed by atoms with van der Waals surface area (Å²) in [6, 6.07) is 6.13. The Labute approximate surface area is 121 Å². The highest BCUT2D eigenvalue weighted by Gasteiger charge is 2.05. The first-order valence-electron chi connectivity index (χ1n) is 6.84. The second-order valence-electron chi connectivity index (χ2n) is 5.08. The fourth-order valence-electron chi connectivity index (χ4n) is 1.90. The van der Waals surface area contributed by atoms with E-state index in [1.165, 1.54) is 5.56 Å². The first-order valence-corrected chi connectivity index (χ1v) is 9.62. The van der Waals surface area contributed by atoms with E-state index in [1.54, 1.807) is 6.20 Å². The van der Waals surface area contributed by atoms with Gasteiger partial charge in [0.2, 0.25) is 9.04 Å². The van der Waals surface area contributed by atoms with Crippen LogP contribution in [0.3, 0.4) is 0 Å². The predicted octanol–water partition coefficient (Wildman–Crippen LogP) is 3.26.